The van der Waals surface area contributed by atoms with Gasteiger partial charge in [-0.05, 0) is 66.5 Å². The molecule has 41 heavy (non-hydrogen) atoms. The van der Waals surface area contributed by atoms with Gasteiger partial charge in [-0.2, -0.15) is 10.4 Å². The van der Waals surface area contributed by atoms with Gasteiger partial charge < -0.3 is 0 Å². The highest BCUT2D eigenvalue weighted by Gasteiger charge is 2.59. The largest absolute Gasteiger partial charge is 0.266 e. The summed E-state index contributed by atoms with van der Waals surface area (Å²) in [6, 6.07) is 10.8. The van der Waals surface area contributed by atoms with Gasteiger partial charge >= 0.3 is 0 Å². The van der Waals surface area contributed by atoms with Crippen molar-refractivity contribution in [3.05, 3.63) is 82.9 Å². The van der Waals surface area contributed by atoms with E-state index >= 15 is 0 Å². The van der Waals surface area contributed by atoms with E-state index in [2.05, 4.69) is 38.7 Å². The molecule has 1 fully saturated rings. The highest BCUT2D eigenvalue weighted by molar-refractivity contribution is 7.92. The van der Waals surface area contributed by atoms with Gasteiger partial charge in [0.05, 0.1) is 39.9 Å². The number of sulfonamides is 1. The van der Waals surface area contributed by atoms with E-state index < -0.39 is 27.1 Å². The molecule has 3 aliphatic rings. The molecule has 3 heterocycles. The fraction of sp³-hybridized carbons (Fsp3) is 0.310. The van der Waals surface area contributed by atoms with Gasteiger partial charge in [-0.3, -0.25) is 4.72 Å². The Labute approximate surface area is 235 Å². The summed E-state index contributed by atoms with van der Waals surface area (Å²) in [4.78, 5) is 13.5. The zero-order valence-corrected chi connectivity index (χ0v) is 23.3. The molecule has 3 aromatic heterocycles. The van der Waals surface area contributed by atoms with Gasteiger partial charge in [0, 0.05) is 18.0 Å². The standard InChI is InChI=1S/C29H25F2N7O2S/c1-28(2)13-16-7-9-29(28,25-19(16)12-22(36-37-25)24-20(30)5-4-6-21(24)31)23-8-10-33-26(35-23)18-11-17(14-32)27(34-15-18)38-41(3,39)40/h4-6,8,10-12,15-16H,7,9,13H2,1-3H3,(H,34,38)/t16-,29+/m1/s1. The number of benzene rings is 1. The quantitative estimate of drug-likeness (QED) is 0.348. The van der Waals surface area contributed by atoms with E-state index in [0.717, 1.165) is 36.8 Å². The average Bonchev–Trinajstić information content (AvgIpc) is 2.92. The van der Waals surface area contributed by atoms with E-state index in [0.29, 0.717) is 17.1 Å². The molecule has 0 saturated heterocycles. The van der Waals surface area contributed by atoms with E-state index in [1.807, 2.05) is 12.1 Å². The molecule has 208 valence electrons. The number of fused-ring (bicyclic) bond motifs is 2. The first-order chi connectivity index (χ1) is 19.4. The van der Waals surface area contributed by atoms with Crippen molar-refractivity contribution in [3.63, 3.8) is 0 Å². The highest BCUT2D eigenvalue weighted by Crippen LogP contribution is 2.64. The van der Waals surface area contributed by atoms with Crippen LogP contribution in [0, 0.1) is 28.4 Å². The number of hydrogen-bond acceptors (Lipinski definition) is 8. The van der Waals surface area contributed by atoms with Crippen molar-refractivity contribution in [2.75, 3.05) is 11.0 Å². The minimum atomic E-state index is -3.63. The van der Waals surface area contributed by atoms with Gasteiger partial charge in [-0.1, -0.05) is 19.9 Å². The first-order valence-electron chi connectivity index (χ1n) is 13.0. The Hall–Kier alpha value is -4.37. The van der Waals surface area contributed by atoms with Gasteiger partial charge in [-0.15, -0.1) is 5.10 Å². The molecule has 2 atom stereocenters. The van der Waals surface area contributed by atoms with Gasteiger partial charge in [0.2, 0.25) is 10.0 Å². The van der Waals surface area contributed by atoms with Crippen molar-refractivity contribution >= 4 is 15.8 Å². The lowest BCUT2D eigenvalue weighted by atomic mass is 9.47. The van der Waals surface area contributed by atoms with Crippen molar-refractivity contribution in [3.8, 4) is 28.7 Å². The summed E-state index contributed by atoms with van der Waals surface area (Å²) in [6.07, 6.45) is 6.43. The second-order valence-electron chi connectivity index (χ2n) is 11.2. The third-order valence-electron chi connectivity index (χ3n) is 8.31. The fourth-order valence-corrected chi connectivity index (χ4v) is 7.01. The number of hydrogen-bond donors (Lipinski definition) is 1. The Morgan fingerprint density at radius 1 is 1.10 bits per heavy atom. The predicted molar refractivity (Wildman–Crippen MR) is 147 cm³/mol. The van der Waals surface area contributed by atoms with Crippen LogP contribution in [0.2, 0.25) is 0 Å². The van der Waals surface area contributed by atoms with E-state index in [4.69, 9.17) is 4.98 Å². The number of anilines is 1. The van der Waals surface area contributed by atoms with Crippen molar-refractivity contribution in [1.29, 1.82) is 5.26 Å². The monoisotopic (exact) mass is 573 g/mol. The number of nitriles is 1. The van der Waals surface area contributed by atoms with E-state index in [-0.39, 0.29) is 34.0 Å². The molecule has 0 spiro atoms. The van der Waals surface area contributed by atoms with E-state index in [1.165, 1.54) is 30.5 Å². The van der Waals surface area contributed by atoms with Gasteiger partial charge in [0.15, 0.2) is 11.6 Å². The second kappa shape index (κ2) is 9.34. The summed E-state index contributed by atoms with van der Waals surface area (Å²) < 4.78 is 54.8. The van der Waals surface area contributed by atoms with Crippen LogP contribution in [0.4, 0.5) is 14.6 Å². The lowest BCUT2D eigenvalue weighted by molar-refractivity contribution is 0.0811. The van der Waals surface area contributed by atoms with Gasteiger partial charge in [0.25, 0.3) is 0 Å². The molecule has 9 nitrogen and oxygen atoms in total. The summed E-state index contributed by atoms with van der Waals surface area (Å²) in [5.41, 5.74) is 1.85. The molecule has 3 aliphatic carbocycles. The Bertz CT molecular complexity index is 1850. The number of pyridine rings is 1. The molecule has 4 aromatic rings. The maximum Gasteiger partial charge on any atom is 0.231 e. The SMILES string of the molecule is CC1(C)C[C@H]2CC[C@]1(c1ccnc(-c3cnc(NS(C)(=O)=O)c(C#N)c3)n1)c1nnc(-c3c(F)cccc3F)cc12. The van der Waals surface area contributed by atoms with Crippen molar-refractivity contribution in [1.82, 2.24) is 25.1 Å². The van der Waals surface area contributed by atoms with Crippen molar-refractivity contribution in [2.45, 2.75) is 44.4 Å². The molecule has 0 unspecified atom stereocenters. The zero-order valence-electron chi connectivity index (χ0n) is 22.5. The van der Waals surface area contributed by atoms with Crippen LogP contribution >= 0.6 is 0 Å². The Balaban J connectivity index is 1.48. The Kier molecular flexibility index (Phi) is 6.11. The minimum absolute atomic E-state index is 0.0303. The maximum atomic E-state index is 14.6. The number of nitrogens with zero attached hydrogens (tertiary/aromatic N) is 6. The third kappa shape index (κ3) is 4.32. The Morgan fingerprint density at radius 3 is 2.54 bits per heavy atom. The van der Waals surface area contributed by atoms with Crippen LogP contribution in [0.15, 0.2) is 48.8 Å². The van der Waals surface area contributed by atoms with Crippen molar-refractivity contribution in [2.24, 2.45) is 5.41 Å². The molecule has 7 rings (SSSR count). The smallest absolute Gasteiger partial charge is 0.231 e. The highest BCUT2D eigenvalue weighted by atomic mass is 32.2. The molecule has 0 radical (unpaired) electrons. The molecule has 1 aromatic carbocycles. The third-order valence-corrected chi connectivity index (χ3v) is 8.87. The van der Waals surface area contributed by atoms with E-state index in [9.17, 15) is 22.5 Å². The van der Waals surface area contributed by atoms with Crippen LogP contribution in [-0.4, -0.2) is 39.8 Å². The maximum absolute atomic E-state index is 14.6. The molecule has 2 bridgehead atoms. The van der Waals surface area contributed by atoms with Gasteiger partial charge in [-0.25, -0.2) is 32.2 Å². The van der Waals surface area contributed by atoms with Crippen molar-refractivity contribution < 1.29 is 17.2 Å². The molecule has 1 saturated carbocycles. The summed E-state index contributed by atoms with van der Waals surface area (Å²) >= 11 is 0. The number of rotatable bonds is 5. The molecular formula is C29H25F2N7O2S. The lowest BCUT2D eigenvalue weighted by Crippen LogP contribution is -2.53. The molecule has 12 heteroatoms. The van der Waals surface area contributed by atoms with Crippen LogP contribution in [0.3, 0.4) is 0 Å². The summed E-state index contributed by atoms with van der Waals surface area (Å²) in [6.45, 7) is 4.33. The topological polar surface area (TPSA) is 134 Å². The van der Waals surface area contributed by atoms with Crippen LogP contribution in [-0.2, 0) is 15.4 Å². The number of nitrogens with one attached hydrogen (secondary N) is 1. The molecular weight excluding hydrogens is 548 g/mol. The molecule has 1 N–H and O–H groups in total. The first kappa shape index (κ1) is 26.8. The first-order valence-corrected chi connectivity index (χ1v) is 14.9. The van der Waals surface area contributed by atoms with E-state index in [1.54, 1.807) is 12.3 Å². The molecule has 0 amide bonds. The molecule has 0 aliphatic heterocycles. The van der Waals surface area contributed by atoms with Crippen LogP contribution in [0.5, 0.6) is 0 Å². The summed E-state index contributed by atoms with van der Waals surface area (Å²) in [5, 5.41) is 18.5. The summed E-state index contributed by atoms with van der Waals surface area (Å²) in [7, 11) is -3.63. The zero-order chi connectivity index (χ0) is 29.2. The normalized spacial score (nSPS) is 20.7. The summed E-state index contributed by atoms with van der Waals surface area (Å²) in [5.74, 6) is -0.997. The fourth-order valence-electron chi connectivity index (χ4n) is 6.50. The second-order valence-corrected chi connectivity index (χ2v) is 13.0. The Morgan fingerprint density at radius 2 is 1.85 bits per heavy atom. The lowest BCUT2D eigenvalue weighted by Gasteiger charge is -2.56. The number of halogens is 2. The van der Waals surface area contributed by atoms with Gasteiger partial charge in [0.1, 0.15) is 17.7 Å². The van der Waals surface area contributed by atoms with Crippen LogP contribution in [0.1, 0.15) is 61.5 Å². The minimum Gasteiger partial charge on any atom is -0.266 e. The van der Waals surface area contributed by atoms with Crippen LogP contribution < -0.4 is 4.72 Å². The number of aromatic nitrogens is 5. The predicted octanol–water partition coefficient (Wildman–Crippen LogP) is 5.11. The van der Waals surface area contributed by atoms with Crippen LogP contribution in [0.25, 0.3) is 22.6 Å². The average molecular weight is 574 g/mol.